The van der Waals surface area contributed by atoms with Crippen LogP contribution < -0.4 is 31.1 Å². The van der Waals surface area contributed by atoms with Gasteiger partial charge in [0.1, 0.15) is 12.8 Å². The maximum atomic E-state index is 11.4. The van der Waals surface area contributed by atoms with E-state index in [1.54, 1.807) is 6.21 Å². The van der Waals surface area contributed by atoms with Gasteiger partial charge in [0.05, 0.1) is 18.9 Å². The number of carbonyl (C=O) groups excluding carboxylic acids is 1. The molecule has 0 radical (unpaired) electrons. The van der Waals surface area contributed by atoms with Crippen molar-refractivity contribution in [1.29, 1.82) is 0 Å². The molecule has 8 nitrogen and oxygen atoms in total. The van der Waals surface area contributed by atoms with E-state index in [0.717, 1.165) is 15.6 Å². The molecule has 9 heteroatoms. The quantitative estimate of drug-likeness (QED) is 0.358. The number of rotatable bonds is 8. The number of benzene rings is 2. The van der Waals surface area contributed by atoms with Gasteiger partial charge in [-0.2, -0.15) is 5.10 Å². The Morgan fingerprint density at radius 1 is 1.17 bits per heavy atom. The summed E-state index contributed by atoms with van der Waals surface area (Å²) in [6, 6.07) is 13.3. The van der Waals surface area contributed by atoms with Crippen LogP contribution in [0.15, 0.2) is 52.0 Å². The van der Waals surface area contributed by atoms with E-state index in [-0.39, 0.29) is 18.2 Å². The highest BCUT2D eigenvalue weighted by molar-refractivity contribution is 9.10. The fourth-order valence-corrected chi connectivity index (χ4v) is 2.90. The Hall–Kier alpha value is -2.78. The molecule has 0 aliphatic carbocycles. The first-order valence-corrected chi connectivity index (χ1v) is 10.1. The third-order valence-corrected chi connectivity index (χ3v) is 4.73. The topological polar surface area (TPSA) is 96.0 Å². The van der Waals surface area contributed by atoms with Crippen LogP contribution in [0.3, 0.4) is 0 Å². The lowest BCUT2D eigenvalue weighted by molar-refractivity contribution is 0.202. The zero-order valence-corrected chi connectivity index (χ0v) is 17.8. The molecule has 1 aliphatic rings. The van der Waals surface area contributed by atoms with Crippen LogP contribution in [0.25, 0.3) is 0 Å². The lowest BCUT2D eigenvalue weighted by Crippen LogP contribution is -2.67. The van der Waals surface area contributed by atoms with Crippen molar-refractivity contribution in [2.45, 2.75) is 32.7 Å². The predicted molar refractivity (Wildman–Crippen MR) is 115 cm³/mol. The van der Waals surface area contributed by atoms with Gasteiger partial charge in [0, 0.05) is 4.47 Å². The van der Waals surface area contributed by atoms with Crippen LogP contribution in [0.4, 0.5) is 4.79 Å². The lowest BCUT2D eigenvalue weighted by atomic mass is 10.2. The minimum atomic E-state index is -0.320. The molecule has 154 valence electrons. The molecule has 0 bridgehead atoms. The molecule has 2 amide bonds. The SMILES string of the molecule is CCOc1cc(/C=N/NC2NC(=O)NNC2C)ccc1OCc1ccc(Br)cc1. The summed E-state index contributed by atoms with van der Waals surface area (Å²) in [4.78, 5) is 11.4. The van der Waals surface area contributed by atoms with Gasteiger partial charge in [0.25, 0.3) is 0 Å². The minimum Gasteiger partial charge on any atom is -0.490 e. The summed E-state index contributed by atoms with van der Waals surface area (Å²) in [5.41, 5.74) is 10.2. The van der Waals surface area contributed by atoms with Gasteiger partial charge in [-0.05, 0) is 55.3 Å². The second-order valence-electron chi connectivity index (χ2n) is 6.45. The molecular formula is C20H24BrN5O3. The molecule has 1 aliphatic heterocycles. The second kappa shape index (κ2) is 10.1. The molecule has 2 unspecified atom stereocenters. The van der Waals surface area contributed by atoms with Gasteiger partial charge in [0.2, 0.25) is 0 Å². The van der Waals surface area contributed by atoms with Crippen molar-refractivity contribution in [3.63, 3.8) is 0 Å². The normalized spacial score (nSPS) is 18.8. The van der Waals surface area contributed by atoms with Crippen LogP contribution in [0, 0.1) is 0 Å². The third-order valence-electron chi connectivity index (χ3n) is 4.20. The van der Waals surface area contributed by atoms with Crippen molar-refractivity contribution in [1.82, 2.24) is 21.6 Å². The average Bonchev–Trinajstić information content (AvgIpc) is 2.71. The van der Waals surface area contributed by atoms with Crippen molar-refractivity contribution in [3.8, 4) is 11.5 Å². The van der Waals surface area contributed by atoms with Crippen molar-refractivity contribution in [2.75, 3.05) is 6.61 Å². The second-order valence-corrected chi connectivity index (χ2v) is 7.37. The van der Waals surface area contributed by atoms with E-state index in [2.05, 4.69) is 42.6 Å². The van der Waals surface area contributed by atoms with Gasteiger partial charge >= 0.3 is 6.03 Å². The molecule has 0 saturated carbocycles. The molecule has 1 heterocycles. The van der Waals surface area contributed by atoms with Crippen molar-refractivity contribution in [3.05, 3.63) is 58.1 Å². The molecular weight excluding hydrogens is 438 g/mol. The number of hydrogen-bond acceptors (Lipinski definition) is 6. The molecule has 1 saturated heterocycles. The summed E-state index contributed by atoms with van der Waals surface area (Å²) in [5.74, 6) is 1.32. The maximum Gasteiger partial charge on any atom is 0.330 e. The molecule has 2 aromatic rings. The highest BCUT2D eigenvalue weighted by atomic mass is 79.9. The number of amides is 2. The van der Waals surface area contributed by atoms with Gasteiger partial charge in [-0.25, -0.2) is 10.2 Å². The van der Waals surface area contributed by atoms with Gasteiger partial charge in [-0.1, -0.05) is 28.1 Å². The minimum absolute atomic E-state index is 0.0294. The molecule has 4 N–H and O–H groups in total. The van der Waals surface area contributed by atoms with Crippen LogP contribution in [0.5, 0.6) is 11.5 Å². The van der Waals surface area contributed by atoms with E-state index < -0.39 is 0 Å². The summed E-state index contributed by atoms with van der Waals surface area (Å²) in [6.45, 7) is 4.82. The monoisotopic (exact) mass is 461 g/mol. The Morgan fingerprint density at radius 2 is 1.97 bits per heavy atom. The first-order chi connectivity index (χ1) is 14.0. The Labute approximate surface area is 178 Å². The van der Waals surface area contributed by atoms with Crippen LogP contribution in [0.2, 0.25) is 0 Å². The summed E-state index contributed by atoms with van der Waals surface area (Å²) < 4.78 is 12.7. The third kappa shape index (κ3) is 6.10. The number of hydrazone groups is 1. The number of halogens is 1. The highest BCUT2D eigenvalue weighted by Gasteiger charge is 2.23. The van der Waals surface area contributed by atoms with E-state index in [1.807, 2.05) is 56.3 Å². The largest absolute Gasteiger partial charge is 0.490 e. The number of carbonyl (C=O) groups is 1. The van der Waals surface area contributed by atoms with E-state index >= 15 is 0 Å². The summed E-state index contributed by atoms with van der Waals surface area (Å²) in [6.07, 6.45) is 1.35. The number of ether oxygens (including phenoxy) is 2. The first-order valence-electron chi connectivity index (χ1n) is 9.30. The zero-order chi connectivity index (χ0) is 20.6. The number of urea groups is 1. The predicted octanol–water partition coefficient (Wildman–Crippen LogP) is 2.88. The number of nitrogens with one attached hydrogen (secondary N) is 4. The standard InChI is InChI=1S/C20H24BrN5O3/c1-3-28-18-10-15(11-22-25-19-13(2)24-26-20(27)23-19)6-9-17(18)29-12-14-4-7-16(21)8-5-14/h4-11,13,19,24-25H,3,12H2,1-2H3,(H2,23,26,27)/b22-11+. The summed E-state index contributed by atoms with van der Waals surface area (Å²) in [5, 5.41) is 6.97. The molecule has 1 fully saturated rings. The van der Waals surface area contributed by atoms with E-state index in [0.29, 0.717) is 24.7 Å². The van der Waals surface area contributed by atoms with E-state index in [1.165, 1.54) is 0 Å². The number of hydrazine groups is 1. The van der Waals surface area contributed by atoms with Crippen molar-refractivity contribution < 1.29 is 14.3 Å². The van der Waals surface area contributed by atoms with E-state index in [9.17, 15) is 4.79 Å². The van der Waals surface area contributed by atoms with Crippen LogP contribution in [-0.2, 0) is 6.61 Å². The first kappa shape index (κ1) is 20.9. The Bertz CT molecular complexity index is 860. The Kier molecular flexibility index (Phi) is 7.31. The van der Waals surface area contributed by atoms with Crippen molar-refractivity contribution >= 4 is 28.2 Å². The number of nitrogens with zero attached hydrogens (tertiary/aromatic N) is 1. The molecule has 3 rings (SSSR count). The maximum absolute atomic E-state index is 11.4. The van der Waals surface area contributed by atoms with Gasteiger partial charge < -0.3 is 14.8 Å². The van der Waals surface area contributed by atoms with Crippen LogP contribution in [0.1, 0.15) is 25.0 Å². The Balaban J connectivity index is 1.63. The fourth-order valence-electron chi connectivity index (χ4n) is 2.64. The lowest BCUT2D eigenvalue weighted by Gasteiger charge is -2.30. The summed E-state index contributed by atoms with van der Waals surface area (Å²) >= 11 is 3.43. The highest BCUT2D eigenvalue weighted by Crippen LogP contribution is 2.29. The molecule has 29 heavy (non-hydrogen) atoms. The molecule has 2 atom stereocenters. The molecule has 2 aromatic carbocycles. The molecule has 0 spiro atoms. The van der Waals surface area contributed by atoms with Crippen molar-refractivity contribution in [2.24, 2.45) is 5.10 Å². The fraction of sp³-hybridized carbons (Fsp3) is 0.300. The Morgan fingerprint density at radius 3 is 2.72 bits per heavy atom. The average molecular weight is 462 g/mol. The summed E-state index contributed by atoms with van der Waals surface area (Å²) in [7, 11) is 0. The van der Waals surface area contributed by atoms with Gasteiger partial charge in [-0.3, -0.25) is 10.9 Å². The number of hydrogen-bond donors (Lipinski definition) is 4. The molecule has 0 aromatic heterocycles. The van der Waals surface area contributed by atoms with Crippen LogP contribution >= 0.6 is 15.9 Å². The zero-order valence-electron chi connectivity index (χ0n) is 16.2. The van der Waals surface area contributed by atoms with Gasteiger partial charge in [-0.15, -0.1) is 0 Å². The van der Waals surface area contributed by atoms with E-state index in [4.69, 9.17) is 9.47 Å². The van der Waals surface area contributed by atoms with Crippen LogP contribution in [-0.4, -0.2) is 31.1 Å². The smallest absolute Gasteiger partial charge is 0.330 e. The van der Waals surface area contributed by atoms with Gasteiger partial charge in [0.15, 0.2) is 11.5 Å².